The third kappa shape index (κ3) is 6.68. The van der Waals surface area contributed by atoms with Crippen LogP contribution in [0.5, 0.6) is 0 Å². The topological polar surface area (TPSA) is 178 Å². The van der Waals surface area contributed by atoms with Crippen molar-refractivity contribution in [1.29, 1.82) is 0 Å². The van der Waals surface area contributed by atoms with Crippen molar-refractivity contribution in [2.45, 2.75) is 51.7 Å². The lowest BCUT2D eigenvalue weighted by molar-refractivity contribution is -0.385. The molecular weight excluding hydrogens is 470 g/mol. The van der Waals surface area contributed by atoms with Gasteiger partial charge in [-0.15, -0.1) is 0 Å². The molecule has 12 heteroatoms. The molecule has 0 radical (unpaired) electrons. The van der Waals surface area contributed by atoms with Crippen LogP contribution in [0, 0.1) is 10.1 Å². The van der Waals surface area contributed by atoms with Gasteiger partial charge in [0.15, 0.2) is 0 Å². The van der Waals surface area contributed by atoms with Crippen LogP contribution >= 0.6 is 0 Å². The number of pyridine rings is 1. The fourth-order valence-electron chi connectivity index (χ4n) is 3.89. The SMILES string of the molecule is CC(C)(C)OC(=O)N1CCC(Nc2cc(Cc3ccc(C(=O)O)c([N+](=O)[O-])c3)ncc2C(N)=O)CC1. The largest absolute Gasteiger partial charge is 0.477 e. The predicted octanol–water partition coefficient (Wildman–Crippen LogP) is 3.19. The van der Waals surface area contributed by atoms with Crippen molar-refractivity contribution in [3.05, 3.63) is 63.0 Å². The summed E-state index contributed by atoms with van der Waals surface area (Å²) in [4.78, 5) is 52.0. The zero-order valence-electron chi connectivity index (χ0n) is 20.3. The Hall–Kier alpha value is -4.22. The van der Waals surface area contributed by atoms with Crippen molar-refractivity contribution in [1.82, 2.24) is 9.88 Å². The zero-order chi connectivity index (χ0) is 26.6. The highest BCUT2D eigenvalue weighted by atomic mass is 16.6. The van der Waals surface area contributed by atoms with E-state index in [1.807, 2.05) is 20.8 Å². The molecule has 2 amide bonds. The molecule has 1 aliphatic rings. The third-order valence-corrected chi connectivity index (χ3v) is 5.61. The average Bonchev–Trinajstić information content (AvgIpc) is 2.78. The van der Waals surface area contributed by atoms with Crippen LogP contribution in [0.1, 0.15) is 65.6 Å². The van der Waals surface area contributed by atoms with E-state index in [1.165, 1.54) is 24.4 Å². The maximum atomic E-state index is 12.3. The molecule has 0 unspecified atom stereocenters. The number of carboxylic acid groups (broad SMARTS) is 1. The Morgan fingerprint density at radius 2 is 1.89 bits per heavy atom. The minimum absolute atomic E-state index is 0.0343. The van der Waals surface area contributed by atoms with E-state index in [2.05, 4.69) is 10.3 Å². The Morgan fingerprint density at radius 1 is 1.22 bits per heavy atom. The maximum absolute atomic E-state index is 12.3. The monoisotopic (exact) mass is 499 g/mol. The van der Waals surface area contributed by atoms with Crippen molar-refractivity contribution >= 4 is 29.3 Å². The van der Waals surface area contributed by atoms with Crippen LogP contribution in [-0.2, 0) is 11.2 Å². The number of nitro benzene ring substituents is 1. The van der Waals surface area contributed by atoms with E-state index in [9.17, 15) is 24.5 Å². The number of aromatic carboxylic acids is 1. The first-order valence-electron chi connectivity index (χ1n) is 11.4. The second-order valence-corrected chi connectivity index (χ2v) is 9.56. The minimum Gasteiger partial charge on any atom is -0.477 e. The summed E-state index contributed by atoms with van der Waals surface area (Å²) in [6.07, 6.45) is 2.39. The van der Waals surface area contributed by atoms with Crippen LogP contribution < -0.4 is 11.1 Å². The molecule has 36 heavy (non-hydrogen) atoms. The minimum atomic E-state index is -1.39. The number of carboxylic acids is 1. The summed E-state index contributed by atoms with van der Waals surface area (Å²) < 4.78 is 5.42. The van der Waals surface area contributed by atoms with Gasteiger partial charge in [0.1, 0.15) is 11.2 Å². The van der Waals surface area contributed by atoms with Crippen LogP contribution in [0.2, 0.25) is 0 Å². The molecule has 0 aliphatic carbocycles. The molecule has 192 valence electrons. The van der Waals surface area contributed by atoms with Crippen LogP contribution in [0.15, 0.2) is 30.5 Å². The normalized spacial score (nSPS) is 14.2. The number of benzene rings is 1. The highest BCUT2D eigenvalue weighted by molar-refractivity contribution is 5.98. The summed E-state index contributed by atoms with van der Waals surface area (Å²) in [7, 11) is 0. The molecule has 1 aromatic carbocycles. The molecule has 2 aromatic rings. The van der Waals surface area contributed by atoms with E-state index >= 15 is 0 Å². The molecule has 1 fully saturated rings. The fraction of sp³-hybridized carbons (Fsp3) is 0.417. The van der Waals surface area contributed by atoms with E-state index < -0.39 is 33.7 Å². The Bertz CT molecular complexity index is 1180. The average molecular weight is 500 g/mol. The number of anilines is 1. The summed E-state index contributed by atoms with van der Waals surface area (Å²) in [6.45, 7) is 6.39. The van der Waals surface area contributed by atoms with Gasteiger partial charge >= 0.3 is 12.1 Å². The van der Waals surface area contributed by atoms with Gasteiger partial charge in [-0.25, -0.2) is 9.59 Å². The fourth-order valence-corrected chi connectivity index (χ4v) is 3.89. The Balaban J connectivity index is 1.75. The van der Waals surface area contributed by atoms with Crippen molar-refractivity contribution in [3.63, 3.8) is 0 Å². The molecule has 0 spiro atoms. The summed E-state index contributed by atoms with van der Waals surface area (Å²) in [6, 6.07) is 5.49. The number of aromatic nitrogens is 1. The van der Waals surface area contributed by atoms with Gasteiger partial charge in [0, 0.05) is 43.5 Å². The van der Waals surface area contributed by atoms with Gasteiger partial charge in [-0.3, -0.25) is 19.9 Å². The smallest absolute Gasteiger partial charge is 0.410 e. The molecule has 2 heterocycles. The first-order chi connectivity index (χ1) is 16.8. The number of nitrogens with two attached hydrogens (primary N) is 1. The highest BCUT2D eigenvalue weighted by Gasteiger charge is 2.27. The molecule has 1 saturated heterocycles. The third-order valence-electron chi connectivity index (χ3n) is 5.61. The number of likely N-dealkylation sites (tertiary alicyclic amines) is 1. The first-order valence-corrected chi connectivity index (χ1v) is 11.4. The second-order valence-electron chi connectivity index (χ2n) is 9.56. The summed E-state index contributed by atoms with van der Waals surface area (Å²) in [5.41, 5.74) is 5.69. The lowest BCUT2D eigenvalue weighted by Crippen LogP contribution is -2.44. The van der Waals surface area contributed by atoms with Gasteiger partial charge in [-0.1, -0.05) is 6.07 Å². The second kappa shape index (κ2) is 10.6. The summed E-state index contributed by atoms with van der Waals surface area (Å²) >= 11 is 0. The maximum Gasteiger partial charge on any atom is 0.410 e. The molecular formula is C24H29N5O7. The molecule has 0 saturated carbocycles. The highest BCUT2D eigenvalue weighted by Crippen LogP contribution is 2.25. The molecule has 1 aromatic heterocycles. The quantitative estimate of drug-likeness (QED) is 0.381. The molecule has 0 atom stereocenters. The molecule has 1 aliphatic heterocycles. The van der Waals surface area contributed by atoms with Crippen molar-refractivity contribution in [2.75, 3.05) is 18.4 Å². The van der Waals surface area contributed by atoms with Gasteiger partial charge < -0.3 is 25.8 Å². The van der Waals surface area contributed by atoms with Gasteiger partial charge in [0.25, 0.3) is 11.6 Å². The van der Waals surface area contributed by atoms with Gasteiger partial charge in [-0.05, 0) is 51.3 Å². The number of carbonyl (C=O) groups excluding carboxylic acids is 2. The number of hydrogen-bond acceptors (Lipinski definition) is 8. The standard InChI is InChI=1S/C24H29N5O7/c1-24(2,3)36-23(33)28-8-6-15(7-9-28)27-19-12-16(26-13-18(19)21(25)30)10-14-4-5-17(22(31)32)20(11-14)29(34)35/h4-5,11-13,15H,6-10H2,1-3H3,(H2,25,30)(H,26,27)(H,31,32). The molecule has 12 nitrogen and oxygen atoms in total. The lowest BCUT2D eigenvalue weighted by Gasteiger charge is -2.34. The molecule has 3 rings (SSSR count). The molecule has 4 N–H and O–H groups in total. The predicted molar refractivity (Wildman–Crippen MR) is 130 cm³/mol. The number of nitro groups is 1. The van der Waals surface area contributed by atoms with Crippen LogP contribution in [-0.4, -0.2) is 62.6 Å². The lowest BCUT2D eigenvalue weighted by atomic mass is 10.0. The van der Waals surface area contributed by atoms with E-state index in [0.717, 1.165) is 0 Å². The van der Waals surface area contributed by atoms with Crippen molar-refractivity contribution in [2.24, 2.45) is 5.73 Å². The number of primary amides is 1. The molecule has 0 bridgehead atoms. The summed E-state index contributed by atoms with van der Waals surface area (Å²) in [5.74, 6) is -2.05. The Morgan fingerprint density at radius 3 is 2.44 bits per heavy atom. The number of amides is 2. The van der Waals surface area contributed by atoms with E-state index in [0.29, 0.717) is 42.9 Å². The van der Waals surface area contributed by atoms with Gasteiger partial charge in [0.05, 0.1) is 16.2 Å². The van der Waals surface area contributed by atoms with E-state index in [-0.39, 0.29) is 24.1 Å². The van der Waals surface area contributed by atoms with E-state index in [1.54, 1.807) is 11.0 Å². The van der Waals surface area contributed by atoms with Crippen molar-refractivity contribution in [3.8, 4) is 0 Å². The van der Waals surface area contributed by atoms with E-state index in [4.69, 9.17) is 15.6 Å². The van der Waals surface area contributed by atoms with Crippen LogP contribution in [0.4, 0.5) is 16.2 Å². The van der Waals surface area contributed by atoms with Gasteiger partial charge in [-0.2, -0.15) is 0 Å². The number of ether oxygens (including phenoxy) is 1. The van der Waals surface area contributed by atoms with Crippen LogP contribution in [0.25, 0.3) is 0 Å². The Labute approximate surface area is 207 Å². The number of nitrogens with zero attached hydrogens (tertiary/aromatic N) is 3. The zero-order valence-corrected chi connectivity index (χ0v) is 20.3. The van der Waals surface area contributed by atoms with Crippen LogP contribution in [0.3, 0.4) is 0 Å². The number of hydrogen-bond donors (Lipinski definition) is 3. The Kier molecular flexibility index (Phi) is 7.76. The number of piperidine rings is 1. The van der Waals surface area contributed by atoms with Gasteiger partial charge in [0.2, 0.25) is 0 Å². The number of nitrogens with one attached hydrogen (secondary N) is 1. The first kappa shape index (κ1) is 26.4. The summed E-state index contributed by atoms with van der Waals surface area (Å²) in [5, 5.41) is 23.8. The number of rotatable bonds is 7. The number of carbonyl (C=O) groups is 3. The van der Waals surface area contributed by atoms with Crippen molar-refractivity contribution < 1.29 is 29.2 Å².